The normalized spacial score (nSPS) is 10.5. The molecule has 2 rings (SSSR count). The summed E-state index contributed by atoms with van der Waals surface area (Å²) < 4.78 is 1.13. The van der Waals surface area contributed by atoms with Crippen molar-refractivity contribution in [1.29, 1.82) is 0 Å². The highest BCUT2D eigenvalue weighted by molar-refractivity contribution is 6.32. The molecule has 0 aromatic carbocycles. The van der Waals surface area contributed by atoms with Crippen LogP contribution in [0.5, 0.6) is 0 Å². The van der Waals surface area contributed by atoms with Gasteiger partial charge in [0.25, 0.3) is 0 Å². The first-order chi connectivity index (χ1) is 6.20. The van der Waals surface area contributed by atoms with Gasteiger partial charge in [0, 0.05) is 6.07 Å². The van der Waals surface area contributed by atoms with Crippen molar-refractivity contribution >= 4 is 22.9 Å². The monoisotopic (exact) mass is 198 g/mol. The molecule has 2 heterocycles. The third-order valence-corrected chi connectivity index (χ3v) is 1.86. The van der Waals surface area contributed by atoms with Crippen LogP contribution in [-0.4, -0.2) is 19.5 Å². The topological polar surface area (TPSA) is 73.3 Å². The maximum atomic E-state index is 10.5. The third-order valence-electron chi connectivity index (χ3n) is 1.57. The van der Waals surface area contributed by atoms with Gasteiger partial charge in [0.05, 0.1) is 0 Å². The summed E-state index contributed by atoms with van der Waals surface area (Å²) >= 11 is 5.68. The Morgan fingerprint density at radius 2 is 2.31 bits per heavy atom. The van der Waals surface area contributed by atoms with Gasteiger partial charge in [0.1, 0.15) is 0 Å². The lowest BCUT2D eigenvalue weighted by atomic mass is 10.5. The molecule has 0 bridgehead atoms. The summed E-state index contributed by atoms with van der Waals surface area (Å²) in [5, 5.41) is 14.4. The van der Waals surface area contributed by atoms with Crippen LogP contribution in [0.2, 0.25) is 5.15 Å². The quantitative estimate of drug-likeness (QED) is 0.511. The van der Waals surface area contributed by atoms with E-state index in [1.165, 1.54) is 18.5 Å². The number of nitrogens with zero attached hydrogens (tertiary/aromatic N) is 4. The van der Waals surface area contributed by atoms with Crippen LogP contribution in [0.25, 0.3) is 5.52 Å². The van der Waals surface area contributed by atoms with E-state index in [-0.39, 0.29) is 11.0 Å². The van der Waals surface area contributed by atoms with Gasteiger partial charge in [-0.25, -0.2) is 4.98 Å². The molecule has 0 atom stereocenters. The molecule has 0 aliphatic heterocycles. The lowest BCUT2D eigenvalue weighted by molar-refractivity contribution is -0.390. The van der Waals surface area contributed by atoms with E-state index in [2.05, 4.69) is 10.1 Å². The zero-order valence-corrected chi connectivity index (χ0v) is 6.97. The molecule has 13 heavy (non-hydrogen) atoms. The number of aromatic nitrogens is 3. The molecule has 66 valence electrons. The maximum Gasteiger partial charge on any atom is 0.348 e. The van der Waals surface area contributed by atoms with Crippen molar-refractivity contribution < 1.29 is 4.92 Å². The standard InChI is InChI=1S/C6H3ClN4O2/c7-6-4-1-2-5(11(12)13)10(4)9-3-8-6/h1-3H. The summed E-state index contributed by atoms with van der Waals surface area (Å²) in [6, 6.07) is 2.83. The second-order valence-corrected chi connectivity index (χ2v) is 2.65. The minimum atomic E-state index is -0.531. The van der Waals surface area contributed by atoms with Crippen LogP contribution in [0.4, 0.5) is 5.82 Å². The molecule has 0 aliphatic carbocycles. The summed E-state index contributed by atoms with van der Waals surface area (Å²) in [4.78, 5) is 13.6. The van der Waals surface area contributed by atoms with Crippen molar-refractivity contribution in [1.82, 2.24) is 14.6 Å². The van der Waals surface area contributed by atoms with Gasteiger partial charge < -0.3 is 10.1 Å². The van der Waals surface area contributed by atoms with Crippen LogP contribution in [0.15, 0.2) is 18.5 Å². The van der Waals surface area contributed by atoms with Gasteiger partial charge >= 0.3 is 5.82 Å². The van der Waals surface area contributed by atoms with Crippen LogP contribution in [0.3, 0.4) is 0 Å². The van der Waals surface area contributed by atoms with Crippen molar-refractivity contribution in [3.8, 4) is 0 Å². The van der Waals surface area contributed by atoms with Crippen LogP contribution < -0.4 is 0 Å². The smallest absolute Gasteiger partial charge is 0.348 e. The number of hydrogen-bond acceptors (Lipinski definition) is 4. The van der Waals surface area contributed by atoms with Crippen LogP contribution in [0.1, 0.15) is 0 Å². The van der Waals surface area contributed by atoms with E-state index in [0.29, 0.717) is 5.52 Å². The predicted molar refractivity (Wildman–Crippen MR) is 44.7 cm³/mol. The third kappa shape index (κ3) is 1.11. The Hall–Kier alpha value is -1.69. The second kappa shape index (κ2) is 2.67. The van der Waals surface area contributed by atoms with E-state index < -0.39 is 4.92 Å². The molecule has 2 aromatic rings. The molecule has 0 unspecified atom stereocenters. The van der Waals surface area contributed by atoms with E-state index in [9.17, 15) is 10.1 Å². The second-order valence-electron chi connectivity index (χ2n) is 2.30. The minimum absolute atomic E-state index is 0.126. The van der Waals surface area contributed by atoms with Gasteiger partial charge in [0.15, 0.2) is 17.0 Å². The Morgan fingerprint density at radius 3 is 3.00 bits per heavy atom. The summed E-state index contributed by atoms with van der Waals surface area (Å²) in [6.45, 7) is 0. The molecule has 0 N–H and O–H groups in total. The lowest BCUT2D eigenvalue weighted by Crippen LogP contribution is -1.98. The van der Waals surface area contributed by atoms with Crippen LogP contribution in [0, 0.1) is 10.1 Å². The van der Waals surface area contributed by atoms with E-state index in [1.54, 1.807) is 0 Å². The summed E-state index contributed by atoms with van der Waals surface area (Å²) in [5.74, 6) is -0.126. The van der Waals surface area contributed by atoms with Gasteiger partial charge in [-0.05, 0) is 11.0 Å². The number of rotatable bonds is 1. The number of fused-ring (bicyclic) bond motifs is 1. The average molecular weight is 199 g/mol. The van der Waals surface area contributed by atoms with E-state index in [0.717, 1.165) is 4.52 Å². The summed E-state index contributed by atoms with van der Waals surface area (Å²) in [7, 11) is 0. The number of nitro groups is 1. The molecule has 2 aromatic heterocycles. The highest BCUT2D eigenvalue weighted by Gasteiger charge is 2.15. The first kappa shape index (κ1) is 7.93. The molecular formula is C6H3ClN4O2. The largest absolute Gasteiger partial charge is 0.358 e. The van der Waals surface area contributed by atoms with E-state index in [4.69, 9.17) is 11.6 Å². The van der Waals surface area contributed by atoms with E-state index >= 15 is 0 Å². The zero-order chi connectivity index (χ0) is 9.42. The first-order valence-corrected chi connectivity index (χ1v) is 3.70. The van der Waals surface area contributed by atoms with Crippen molar-refractivity contribution in [2.75, 3.05) is 0 Å². The molecule has 0 amide bonds. The Morgan fingerprint density at radius 1 is 1.54 bits per heavy atom. The molecule has 6 nitrogen and oxygen atoms in total. The Labute approximate surface area is 76.9 Å². The zero-order valence-electron chi connectivity index (χ0n) is 6.22. The summed E-state index contributed by atoms with van der Waals surface area (Å²) in [5.41, 5.74) is 0.427. The van der Waals surface area contributed by atoms with Crippen molar-refractivity contribution in [3.05, 3.63) is 33.7 Å². The fourth-order valence-electron chi connectivity index (χ4n) is 1.03. The lowest BCUT2D eigenvalue weighted by Gasteiger charge is -1.92. The first-order valence-electron chi connectivity index (χ1n) is 3.33. The average Bonchev–Trinajstić information content (AvgIpc) is 2.48. The Balaban J connectivity index is 2.83. The maximum absolute atomic E-state index is 10.5. The van der Waals surface area contributed by atoms with Gasteiger partial charge in [-0.3, -0.25) is 0 Å². The highest BCUT2D eigenvalue weighted by atomic mass is 35.5. The van der Waals surface area contributed by atoms with Crippen molar-refractivity contribution in [2.45, 2.75) is 0 Å². The Bertz CT molecular complexity index is 480. The molecule has 0 saturated carbocycles. The molecule has 0 saturated heterocycles. The van der Waals surface area contributed by atoms with Gasteiger partial charge in [-0.15, -0.1) is 0 Å². The predicted octanol–water partition coefficient (Wildman–Crippen LogP) is 1.29. The molecule has 0 radical (unpaired) electrons. The van der Waals surface area contributed by atoms with E-state index in [1.807, 2.05) is 0 Å². The molecular weight excluding hydrogens is 196 g/mol. The summed E-state index contributed by atoms with van der Waals surface area (Å²) in [6.07, 6.45) is 1.17. The number of hydrogen-bond donors (Lipinski definition) is 0. The fourth-order valence-corrected chi connectivity index (χ4v) is 1.21. The van der Waals surface area contributed by atoms with Gasteiger partial charge in [-0.2, -0.15) is 0 Å². The highest BCUT2D eigenvalue weighted by Crippen LogP contribution is 2.19. The van der Waals surface area contributed by atoms with Crippen molar-refractivity contribution in [2.24, 2.45) is 0 Å². The van der Waals surface area contributed by atoms with Crippen LogP contribution in [-0.2, 0) is 0 Å². The minimum Gasteiger partial charge on any atom is -0.358 e. The SMILES string of the molecule is O=[N+]([O-])c1ccc2c(Cl)ncnn12. The van der Waals surface area contributed by atoms with Gasteiger partial charge in [0.2, 0.25) is 0 Å². The Kier molecular flexibility index (Phi) is 1.63. The van der Waals surface area contributed by atoms with Crippen molar-refractivity contribution in [3.63, 3.8) is 0 Å². The number of halogens is 1. The molecule has 0 spiro atoms. The van der Waals surface area contributed by atoms with Crippen LogP contribution >= 0.6 is 11.6 Å². The van der Waals surface area contributed by atoms with Gasteiger partial charge in [-0.1, -0.05) is 21.2 Å². The molecule has 0 fully saturated rings. The molecule has 0 aliphatic rings. The molecule has 7 heteroatoms. The fraction of sp³-hybridized carbons (Fsp3) is 0.